The molecular weight excluding hydrogens is 354 g/mol. The minimum Gasteiger partial charge on any atom is -0.347 e. The Morgan fingerprint density at radius 3 is 2.52 bits per heavy atom. The number of carbonyl (C=O) groups is 1. The third kappa shape index (κ3) is 4.66. The van der Waals surface area contributed by atoms with Gasteiger partial charge < -0.3 is 15.1 Å². The van der Waals surface area contributed by atoms with Crippen molar-refractivity contribution in [2.24, 2.45) is 0 Å². The molecule has 0 unspecified atom stereocenters. The number of anilines is 2. The zero-order valence-electron chi connectivity index (χ0n) is 15.4. The number of hydrogen-bond acceptors (Lipinski definition) is 6. The fraction of sp³-hybridized carbons (Fsp3) is 0.444. The molecule has 1 aliphatic rings. The zero-order valence-corrected chi connectivity index (χ0v) is 15.4. The van der Waals surface area contributed by atoms with Gasteiger partial charge in [-0.25, -0.2) is 8.78 Å². The van der Waals surface area contributed by atoms with Gasteiger partial charge in [0.25, 0.3) is 5.91 Å². The van der Waals surface area contributed by atoms with Crippen LogP contribution in [0.15, 0.2) is 18.2 Å². The van der Waals surface area contributed by atoms with Crippen LogP contribution in [0.5, 0.6) is 0 Å². The van der Waals surface area contributed by atoms with Gasteiger partial charge >= 0.3 is 0 Å². The average Bonchev–Trinajstić information content (AvgIpc) is 2.68. The fourth-order valence-electron chi connectivity index (χ4n) is 2.81. The first kappa shape index (κ1) is 18.9. The van der Waals surface area contributed by atoms with E-state index in [1.165, 1.54) is 12.5 Å². The van der Waals surface area contributed by atoms with Gasteiger partial charge in [-0.3, -0.25) is 4.79 Å². The highest BCUT2D eigenvalue weighted by atomic mass is 19.2. The SMILES string of the molecule is CN(C)c1nc(CNC(=O)c2ccc(F)c(F)c2)nc(N2CCCCC2)n1. The molecule has 1 amide bonds. The molecule has 27 heavy (non-hydrogen) atoms. The number of benzene rings is 1. The van der Waals surface area contributed by atoms with Crippen LogP contribution < -0.4 is 15.1 Å². The predicted molar refractivity (Wildman–Crippen MR) is 97.7 cm³/mol. The molecule has 1 aromatic carbocycles. The smallest absolute Gasteiger partial charge is 0.251 e. The molecule has 2 heterocycles. The number of rotatable bonds is 5. The van der Waals surface area contributed by atoms with Gasteiger partial charge in [-0.05, 0) is 37.5 Å². The molecule has 0 bridgehead atoms. The maximum Gasteiger partial charge on any atom is 0.251 e. The van der Waals surface area contributed by atoms with Crippen LogP contribution in [0.2, 0.25) is 0 Å². The quantitative estimate of drug-likeness (QED) is 0.862. The van der Waals surface area contributed by atoms with Gasteiger partial charge in [0, 0.05) is 32.7 Å². The first-order valence-corrected chi connectivity index (χ1v) is 8.84. The van der Waals surface area contributed by atoms with E-state index in [1.807, 2.05) is 14.1 Å². The van der Waals surface area contributed by atoms with Crippen LogP contribution in [0.4, 0.5) is 20.7 Å². The Morgan fingerprint density at radius 2 is 1.85 bits per heavy atom. The molecule has 1 N–H and O–H groups in total. The first-order chi connectivity index (χ1) is 12.9. The third-order valence-corrected chi connectivity index (χ3v) is 4.29. The highest BCUT2D eigenvalue weighted by molar-refractivity contribution is 5.94. The van der Waals surface area contributed by atoms with E-state index >= 15 is 0 Å². The molecule has 9 heteroatoms. The number of aromatic nitrogens is 3. The molecule has 0 radical (unpaired) electrons. The molecule has 1 fully saturated rings. The number of nitrogens with zero attached hydrogens (tertiary/aromatic N) is 5. The van der Waals surface area contributed by atoms with Gasteiger partial charge in [0.05, 0.1) is 6.54 Å². The Bertz CT molecular complexity index is 823. The summed E-state index contributed by atoms with van der Waals surface area (Å²) in [6, 6.07) is 3.01. The van der Waals surface area contributed by atoms with Crippen molar-refractivity contribution < 1.29 is 13.6 Å². The van der Waals surface area contributed by atoms with E-state index in [0.717, 1.165) is 38.1 Å². The van der Waals surface area contributed by atoms with Gasteiger partial charge in [0.1, 0.15) is 0 Å². The Morgan fingerprint density at radius 1 is 1.11 bits per heavy atom. The Balaban J connectivity index is 1.75. The molecule has 0 saturated carbocycles. The second-order valence-electron chi connectivity index (χ2n) is 6.61. The number of hydrogen-bond donors (Lipinski definition) is 1. The molecular formula is C18H22F2N6O. The standard InChI is InChI=1S/C18H22F2N6O/c1-25(2)17-22-15(23-18(24-17)26-8-4-3-5-9-26)11-21-16(27)12-6-7-13(19)14(20)10-12/h6-7,10H,3-5,8-9,11H2,1-2H3,(H,21,27). The molecule has 7 nitrogen and oxygen atoms in total. The Labute approximate surface area is 156 Å². The van der Waals surface area contributed by atoms with Crippen LogP contribution in [0.3, 0.4) is 0 Å². The molecule has 0 spiro atoms. The Kier molecular flexibility index (Phi) is 5.78. The van der Waals surface area contributed by atoms with Gasteiger partial charge in [0.2, 0.25) is 11.9 Å². The van der Waals surface area contributed by atoms with Crippen molar-refractivity contribution in [2.75, 3.05) is 37.0 Å². The lowest BCUT2D eigenvalue weighted by atomic mass is 10.1. The van der Waals surface area contributed by atoms with Crippen molar-refractivity contribution >= 4 is 17.8 Å². The summed E-state index contributed by atoms with van der Waals surface area (Å²) in [5, 5.41) is 2.64. The lowest BCUT2D eigenvalue weighted by Gasteiger charge is -2.27. The topological polar surface area (TPSA) is 74.2 Å². The second-order valence-corrected chi connectivity index (χ2v) is 6.61. The van der Waals surface area contributed by atoms with E-state index in [4.69, 9.17) is 0 Å². The van der Waals surface area contributed by atoms with Crippen molar-refractivity contribution in [1.29, 1.82) is 0 Å². The van der Waals surface area contributed by atoms with Crippen LogP contribution in [-0.2, 0) is 6.54 Å². The number of nitrogens with one attached hydrogen (secondary N) is 1. The van der Waals surface area contributed by atoms with Crippen LogP contribution in [0.25, 0.3) is 0 Å². The summed E-state index contributed by atoms with van der Waals surface area (Å²) in [5.74, 6) is -1.09. The van der Waals surface area contributed by atoms with Gasteiger partial charge in [-0.2, -0.15) is 15.0 Å². The van der Waals surface area contributed by atoms with Crippen LogP contribution in [-0.4, -0.2) is 48.0 Å². The summed E-state index contributed by atoms with van der Waals surface area (Å²) in [6.07, 6.45) is 3.37. The van der Waals surface area contributed by atoms with Crippen molar-refractivity contribution in [3.8, 4) is 0 Å². The lowest BCUT2D eigenvalue weighted by molar-refractivity contribution is 0.0949. The van der Waals surface area contributed by atoms with Gasteiger partial charge in [-0.1, -0.05) is 0 Å². The van der Waals surface area contributed by atoms with Crippen LogP contribution in [0.1, 0.15) is 35.4 Å². The molecule has 144 valence electrons. The minimum atomic E-state index is -1.06. The summed E-state index contributed by atoms with van der Waals surface area (Å²) >= 11 is 0. The van der Waals surface area contributed by atoms with Crippen molar-refractivity contribution in [1.82, 2.24) is 20.3 Å². The summed E-state index contributed by atoms with van der Waals surface area (Å²) in [5.41, 5.74) is 0.0343. The maximum absolute atomic E-state index is 13.3. The predicted octanol–water partition coefficient (Wildman–Crippen LogP) is 2.14. The van der Waals surface area contributed by atoms with Crippen molar-refractivity contribution in [2.45, 2.75) is 25.8 Å². The highest BCUT2D eigenvalue weighted by Gasteiger charge is 2.17. The molecule has 1 saturated heterocycles. The lowest BCUT2D eigenvalue weighted by Crippen LogP contribution is -2.33. The van der Waals surface area contributed by atoms with E-state index in [-0.39, 0.29) is 12.1 Å². The summed E-state index contributed by atoms with van der Waals surface area (Å²) in [7, 11) is 3.66. The minimum absolute atomic E-state index is 0.0343. The summed E-state index contributed by atoms with van der Waals surface area (Å²) in [6.45, 7) is 1.83. The molecule has 0 aliphatic carbocycles. The highest BCUT2D eigenvalue weighted by Crippen LogP contribution is 2.18. The zero-order chi connectivity index (χ0) is 19.4. The Hall–Kier alpha value is -2.84. The third-order valence-electron chi connectivity index (χ3n) is 4.29. The van der Waals surface area contributed by atoms with Crippen LogP contribution in [0, 0.1) is 11.6 Å². The van der Waals surface area contributed by atoms with E-state index in [9.17, 15) is 13.6 Å². The van der Waals surface area contributed by atoms with Crippen molar-refractivity contribution in [3.05, 3.63) is 41.2 Å². The maximum atomic E-state index is 13.3. The van der Waals surface area contributed by atoms with E-state index < -0.39 is 17.5 Å². The monoisotopic (exact) mass is 376 g/mol. The molecule has 2 aromatic rings. The molecule has 1 aromatic heterocycles. The number of halogens is 2. The summed E-state index contributed by atoms with van der Waals surface area (Å²) in [4.78, 5) is 29.4. The first-order valence-electron chi connectivity index (χ1n) is 8.84. The number of amides is 1. The molecule has 1 aliphatic heterocycles. The summed E-state index contributed by atoms with van der Waals surface area (Å²) < 4.78 is 26.3. The van der Waals surface area contributed by atoms with Gasteiger partial charge in [0.15, 0.2) is 17.5 Å². The van der Waals surface area contributed by atoms with E-state index in [1.54, 1.807) is 4.90 Å². The largest absolute Gasteiger partial charge is 0.347 e. The number of piperidine rings is 1. The molecule has 0 atom stereocenters. The average molecular weight is 376 g/mol. The fourth-order valence-corrected chi connectivity index (χ4v) is 2.81. The van der Waals surface area contributed by atoms with Crippen molar-refractivity contribution in [3.63, 3.8) is 0 Å². The van der Waals surface area contributed by atoms with E-state index in [0.29, 0.717) is 17.7 Å². The normalized spacial score (nSPS) is 14.1. The second kappa shape index (κ2) is 8.24. The van der Waals surface area contributed by atoms with Crippen LogP contribution >= 0.6 is 0 Å². The number of carbonyl (C=O) groups excluding carboxylic acids is 1. The molecule has 3 rings (SSSR count). The van der Waals surface area contributed by atoms with E-state index in [2.05, 4.69) is 25.2 Å². The van der Waals surface area contributed by atoms with Gasteiger partial charge in [-0.15, -0.1) is 0 Å².